The van der Waals surface area contributed by atoms with Crippen molar-refractivity contribution in [2.24, 2.45) is 0 Å². The summed E-state index contributed by atoms with van der Waals surface area (Å²) in [6.07, 6.45) is -0.609. The molecule has 0 aliphatic rings. The van der Waals surface area contributed by atoms with Gasteiger partial charge in [-0.25, -0.2) is 4.79 Å². The number of benzene rings is 3. The van der Waals surface area contributed by atoms with Gasteiger partial charge in [0.2, 0.25) is 5.75 Å². The molecule has 2 unspecified atom stereocenters. The number of nitro benzene ring substituents is 1. The highest BCUT2D eigenvalue weighted by molar-refractivity contribution is 5.92. The van der Waals surface area contributed by atoms with E-state index in [9.17, 15) is 20.0 Å². The number of ether oxygens (including phenoxy) is 1. The molecule has 1 N–H and O–H groups in total. The van der Waals surface area contributed by atoms with Crippen molar-refractivity contribution >= 4 is 11.7 Å². The molecule has 2 atom stereocenters. The quantitative estimate of drug-likeness (QED) is 0.450. The Hall–Kier alpha value is -3.67. The molecule has 3 aromatic carbocycles. The van der Waals surface area contributed by atoms with Crippen LogP contribution in [-0.2, 0) is 0 Å². The van der Waals surface area contributed by atoms with Crippen LogP contribution in [0, 0.1) is 10.1 Å². The molecule has 0 aliphatic carbocycles. The average molecular weight is 377 g/mol. The fourth-order valence-corrected chi connectivity index (χ4v) is 3.12. The fourth-order valence-electron chi connectivity index (χ4n) is 3.12. The minimum atomic E-state index is -1.28. The highest BCUT2D eigenvalue weighted by atomic mass is 16.6. The van der Waals surface area contributed by atoms with Crippen LogP contribution in [-0.4, -0.2) is 16.0 Å². The number of para-hydroxylation sites is 1. The summed E-state index contributed by atoms with van der Waals surface area (Å²) in [5.41, 5.74) is 1.16. The second kappa shape index (κ2) is 8.35. The van der Waals surface area contributed by atoms with Crippen LogP contribution in [0.15, 0.2) is 78.9 Å². The highest BCUT2D eigenvalue weighted by Gasteiger charge is 2.29. The van der Waals surface area contributed by atoms with E-state index in [0.717, 1.165) is 11.1 Å². The topological polar surface area (TPSA) is 89.7 Å². The van der Waals surface area contributed by atoms with E-state index in [1.54, 1.807) is 0 Å². The monoisotopic (exact) mass is 377 g/mol. The number of nitrogens with zero attached hydrogens (tertiary/aromatic N) is 1. The van der Waals surface area contributed by atoms with Crippen molar-refractivity contribution in [1.82, 2.24) is 0 Å². The summed E-state index contributed by atoms with van der Waals surface area (Å²) in [6.45, 7) is 1.95. The average Bonchev–Trinajstić information content (AvgIpc) is 2.72. The van der Waals surface area contributed by atoms with Crippen molar-refractivity contribution in [1.29, 1.82) is 0 Å². The van der Waals surface area contributed by atoms with Crippen molar-refractivity contribution < 1.29 is 19.6 Å². The van der Waals surface area contributed by atoms with Gasteiger partial charge in [0.05, 0.1) is 4.92 Å². The Morgan fingerprint density at radius 2 is 1.50 bits per heavy atom. The molecule has 0 saturated carbocycles. The molecule has 0 amide bonds. The van der Waals surface area contributed by atoms with Crippen molar-refractivity contribution in [3.63, 3.8) is 0 Å². The summed E-state index contributed by atoms with van der Waals surface area (Å²) in [5, 5.41) is 21.0. The summed E-state index contributed by atoms with van der Waals surface area (Å²) in [6, 6.07) is 22.8. The predicted octanol–water partition coefficient (Wildman–Crippen LogP) is 5.22. The molecule has 0 bridgehead atoms. The van der Waals surface area contributed by atoms with Gasteiger partial charge < -0.3 is 9.84 Å². The van der Waals surface area contributed by atoms with Gasteiger partial charge in [0.15, 0.2) is 0 Å². The van der Waals surface area contributed by atoms with E-state index in [2.05, 4.69) is 0 Å². The van der Waals surface area contributed by atoms with Crippen LogP contribution in [0.3, 0.4) is 0 Å². The maximum Gasteiger partial charge on any atom is 0.339 e. The maximum atomic E-state index is 11.7. The second-order valence-corrected chi connectivity index (χ2v) is 6.36. The molecule has 0 radical (unpaired) electrons. The molecule has 3 rings (SSSR count). The summed E-state index contributed by atoms with van der Waals surface area (Å²) >= 11 is 0. The smallest absolute Gasteiger partial charge is 0.339 e. The van der Waals surface area contributed by atoms with E-state index >= 15 is 0 Å². The minimum absolute atomic E-state index is 0.176. The first-order valence-corrected chi connectivity index (χ1v) is 8.76. The Balaban J connectivity index is 2.11. The summed E-state index contributed by atoms with van der Waals surface area (Å²) in [5.74, 6) is -1.69. The van der Waals surface area contributed by atoms with Gasteiger partial charge in [-0.1, -0.05) is 73.7 Å². The Kier molecular flexibility index (Phi) is 5.69. The Labute approximate surface area is 162 Å². The summed E-state index contributed by atoms with van der Waals surface area (Å²) in [4.78, 5) is 22.5. The molecule has 6 nitrogen and oxygen atoms in total. The zero-order chi connectivity index (χ0) is 20.1. The van der Waals surface area contributed by atoms with Crippen molar-refractivity contribution in [3.05, 3.63) is 106 Å². The van der Waals surface area contributed by atoms with Crippen LogP contribution in [0.25, 0.3) is 0 Å². The third-order valence-corrected chi connectivity index (χ3v) is 4.57. The number of carbonyl (C=O) groups is 1. The first-order valence-electron chi connectivity index (χ1n) is 8.76. The van der Waals surface area contributed by atoms with E-state index in [0.29, 0.717) is 0 Å². The molecular weight excluding hydrogens is 358 g/mol. The Bertz CT molecular complexity index is 940. The zero-order valence-corrected chi connectivity index (χ0v) is 15.2. The summed E-state index contributed by atoms with van der Waals surface area (Å²) < 4.78 is 6.08. The van der Waals surface area contributed by atoms with Crippen LogP contribution in [0.5, 0.6) is 5.75 Å². The molecular formula is C22H19NO5. The standard InChI is InChI=1S/C22H19NO5/c1-15(16-9-4-2-5-10-16)20(17-11-6-3-7-12-17)28-21-18(22(24)25)13-8-14-19(21)23(26)27/h2-15,20H,1H3,(H,24,25). The first-order chi connectivity index (χ1) is 13.5. The molecule has 28 heavy (non-hydrogen) atoms. The number of aromatic carboxylic acids is 1. The molecule has 0 aliphatic heterocycles. The van der Waals surface area contributed by atoms with Gasteiger partial charge in [0.1, 0.15) is 11.7 Å². The molecule has 142 valence electrons. The normalized spacial score (nSPS) is 12.8. The molecule has 0 saturated heterocycles. The van der Waals surface area contributed by atoms with Crippen molar-refractivity contribution in [2.45, 2.75) is 18.9 Å². The highest BCUT2D eigenvalue weighted by Crippen LogP contribution is 2.40. The second-order valence-electron chi connectivity index (χ2n) is 6.36. The maximum absolute atomic E-state index is 11.7. The molecule has 0 aromatic heterocycles. The first kappa shape index (κ1) is 19.1. The van der Waals surface area contributed by atoms with Crippen LogP contribution >= 0.6 is 0 Å². The van der Waals surface area contributed by atoms with Gasteiger partial charge in [-0.15, -0.1) is 0 Å². The fraction of sp³-hybridized carbons (Fsp3) is 0.136. The number of nitro groups is 1. The van der Waals surface area contributed by atoms with Crippen LogP contribution in [0.4, 0.5) is 5.69 Å². The number of hydrogen-bond acceptors (Lipinski definition) is 4. The van der Waals surface area contributed by atoms with Gasteiger partial charge in [0.25, 0.3) is 0 Å². The molecule has 0 heterocycles. The predicted molar refractivity (Wildman–Crippen MR) is 105 cm³/mol. The zero-order valence-electron chi connectivity index (χ0n) is 15.2. The van der Waals surface area contributed by atoms with Crippen LogP contribution in [0.1, 0.15) is 40.4 Å². The SMILES string of the molecule is CC(c1ccccc1)C(Oc1c(C(=O)O)cccc1[N+](=O)[O-])c1ccccc1. The van der Waals surface area contributed by atoms with Crippen LogP contribution in [0.2, 0.25) is 0 Å². The van der Waals surface area contributed by atoms with E-state index in [1.165, 1.54) is 18.2 Å². The largest absolute Gasteiger partial charge is 0.478 e. The Morgan fingerprint density at radius 3 is 2.04 bits per heavy atom. The van der Waals surface area contributed by atoms with E-state index < -0.39 is 17.0 Å². The third kappa shape index (κ3) is 4.01. The molecule has 0 fully saturated rings. The van der Waals surface area contributed by atoms with Crippen molar-refractivity contribution in [3.8, 4) is 5.75 Å². The van der Waals surface area contributed by atoms with E-state index in [-0.39, 0.29) is 22.9 Å². The van der Waals surface area contributed by atoms with Gasteiger partial charge in [-0.2, -0.15) is 0 Å². The van der Waals surface area contributed by atoms with E-state index in [1.807, 2.05) is 67.6 Å². The molecule has 6 heteroatoms. The lowest BCUT2D eigenvalue weighted by Crippen LogP contribution is -2.17. The van der Waals surface area contributed by atoms with Gasteiger partial charge in [-0.3, -0.25) is 10.1 Å². The minimum Gasteiger partial charge on any atom is -0.478 e. The van der Waals surface area contributed by atoms with E-state index in [4.69, 9.17) is 4.74 Å². The van der Waals surface area contributed by atoms with Gasteiger partial charge >= 0.3 is 11.7 Å². The number of rotatable bonds is 7. The van der Waals surface area contributed by atoms with Gasteiger partial charge in [0, 0.05) is 12.0 Å². The number of hydrogen-bond donors (Lipinski definition) is 1. The summed E-state index contributed by atoms with van der Waals surface area (Å²) in [7, 11) is 0. The van der Waals surface area contributed by atoms with Gasteiger partial charge in [-0.05, 0) is 17.2 Å². The Morgan fingerprint density at radius 1 is 0.929 bits per heavy atom. The lowest BCUT2D eigenvalue weighted by atomic mass is 9.90. The lowest BCUT2D eigenvalue weighted by Gasteiger charge is -2.26. The lowest BCUT2D eigenvalue weighted by molar-refractivity contribution is -0.386. The molecule has 0 spiro atoms. The van der Waals surface area contributed by atoms with Crippen LogP contribution < -0.4 is 4.74 Å². The molecule has 3 aromatic rings. The third-order valence-electron chi connectivity index (χ3n) is 4.57. The number of carboxylic acid groups (broad SMARTS) is 1. The number of carboxylic acids is 1. The van der Waals surface area contributed by atoms with Crippen molar-refractivity contribution in [2.75, 3.05) is 0 Å².